The number of hydrogen-bond acceptors (Lipinski definition) is 2. The van der Waals surface area contributed by atoms with Crippen molar-refractivity contribution in [3.63, 3.8) is 0 Å². The zero-order valence-corrected chi connectivity index (χ0v) is 15.9. The summed E-state index contributed by atoms with van der Waals surface area (Å²) in [4.78, 5) is 11.3. The predicted molar refractivity (Wildman–Crippen MR) is 103 cm³/mol. The molecule has 3 nitrogen and oxygen atoms in total. The lowest BCUT2D eigenvalue weighted by molar-refractivity contribution is -0.132. The van der Waals surface area contributed by atoms with Crippen LogP contribution in [-0.2, 0) is 16.0 Å². The van der Waals surface area contributed by atoms with Crippen LogP contribution in [0.3, 0.4) is 0 Å². The summed E-state index contributed by atoms with van der Waals surface area (Å²) in [7, 11) is 0. The second-order valence-electron chi connectivity index (χ2n) is 7.49. The molecule has 1 aliphatic rings. The lowest BCUT2D eigenvalue weighted by Crippen LogP contribution is -2.24. The molecule has 0 spiro atoms. The molecular formula is C23H24F2O3. The molecular weight excluding hydrogens is 362 g/mol. The first kappa shape index (κ1) is 20.2. The van der Waals surface area contributed by atoms with E-state index in [9.17, 15) is 18.7 Å². The standard InChI is InChI=1S/C23H24F2O3/c1-14(11-15(2)23(26)27)21-18(12-16-3-7-19(24)8-4-16)13-28-22(21)17-5-9-20(25)10-6-17/h3-11,14,18,21-22H,12-13H2,1-2H3,(H,26,27)/b15-11-/t14?,18-,21+,22+/m0/s1. The van der Waals surface area contributed by atoms with E-state index in [1.807, 2.05) is 6.92 Å². The molecule has 1 saturated heterocycles. The van der Waals surface area contributed by atoms with Crippen LogP contribution in [0.15, 0.2) is 60.2 Å². The minimum atomic E-state index is -0.945. The van der Waals surface area contributed by atoms with Crippen LogP contribution in [0.25, 0.3) is 0 Å². The molecule has 1 heterocycles. The minimum absolute atomic E-state index is 0.0183. The molecule has 0 radical (unpaired) electrons. The van der Waals surface area contributed by atoms with Gasteiger partial charge in [-0.1, -0.05) is 37.3 Å². The monoisotopic (exact) mass is 386 g/mol. The molecule has 5 heteroatoms. The van der Waals surface area contributed by atoms with E-state index in [-0.39, 0.29) is 41.1 Å². The van der Waals surface area contributed by atoms with E-state index in [1.165, 1.54) is 24.3 Å². The Hall–Kier alpha value is -2.53. The Morgan fingerprint density at radius 1 is 1.14 bits per heavy atom. The molecule has 0 aromatic heterocycles. The molecule has 0 amide bonds. The molecule has 148 valence electrons. The van der Waals surface area contributed by atoms with Crippen LogP contribution in [0.4, 0.5) is 8.78 Å². The van der Waals surface area contributed by atoms with Gasteiger partial charge < -0.3 is 9.84 Å². The third-order valence-electron chi connectivity index (χ3n) is 5.45. The minimum Gasteiger partial charge on any atom is -0.478 e. The van der Waals surface area contributed by atoms with Crippen molar-refractivity contribution in [2.75, 3.05) is 6.61 Å². The third-order valence-corrected chi connectivity index (χ3v) is 5.45. The SMILES string of the molecule is C/C(=C/C(C)[C@@H]1[C@@H](Cc2ccc(F)cc2)CO[C@@H]1c1ccc(F)cc1)C(=O)O. The van der Waals surface area contributed by atoms with Gasteiger partial charge in [-0.3, -0.25) is 0 Å². The van der Waals surface area contributed by atoms with Gasteiger partial charge in [0, 0.05) is 11.5 Å². The van der Waals surface area contributed by atoms with Crippen molar-refractivity contribution in [2.45, 2.75) is 26.4 Å². The molecule has 1 aliphatic heterocycles. The fourth-order valence-corrected chi connectivity index (χ4v) is 4.07. The highest BCUT2D eigenvalue weighted by atomic mass is 19.1. The lowest BCUT2D eigenvalue weighted by Gasteiger charge is -2.28. The van der Waals surface area contributed by atoms with Crippen molar-refractivity contribution in [3.8, 4) is 0 Å². The van der Waals surface area contributed by atoms with E-state index in [0.29, 0.717) is 13.0 Å². The van der Waals surface area contributed by atoms with Crippen molar-refractivity contribution in [2.24, 2.45) is 17.8 Å². The van der Waals surface area contributed by atoms with Gasteiger partial charge in [-0.2, -0.15) is 0 Å². The predicted octanol–water partition coefficient (Wildman–Crippen LogP) is 5.18. The van der Waals surface area contributed by atoms with E-state index in [4.69, 9.17) is 4.74 Å². The lowest BCUT2D eigenvalue weighted by atomic mass is 9.76. The molecule has 2 aromatic rings. The second-order valence-corrected chi connectivity index (χ2v) is 7.49. The molecule has 0 aliphatic carbocycles. The number of carbonyl (C=O) groups is 1. The topological polar surface area (TPSA) is 46.5 Å². The Kier molecular flexibility index (Phi) is 6.25. The summed E-state index contributed by atoms with van der Waals surface area (Å²) in [6.07, 6.45) is 2.21. The third kappa shape index (κ3) is 4.65. The summed E-state index contributed by atoms with van der Waals surface area (Å²) in [5, 5.41) is 9.24. The number of benzene rings is 2. The Bertz CT molecular complexity index is 843. The Balaban J connectivity index is 1.89. The van der Waals surface area contributed by atoms with Gasteiger partial charge in [0.15, 0.2) is 0 Å². The molecule has 2 aromatic carbocycles. The van der Waals surface area contributed by atoms with Gasteiger partial charge >= 0.3 is 5.97 Å². The van der Waals surface area contributed by atoms with E-state index < -0.39 is 5.97 Å². The zero-order valence-electron chi connectivity index (χ0n) is 15.9. The quantitative estimate of drug-likeness (QED) is 0.696. The van der Waals surface area contributed by atoms with Crippen molar-refractivity contribution in [3.05, 3.63) is 82.9 Å². The van der Waals surface area contributed by atoms with Gasteiger partial charge in [-0.15, -0.1) is 0 Å². The fraction of sp³-hybridized carbons (Fsp3) is 0.348. The summed E-state index contributed by atoms with van der Waals surface area (Å²) >= 11 is 0. The number of rotatable bonds is 6. The summed E-state index contributed by atoms with van der Waals surface area (Å²) < 4.78 is 32.7. The number of carboxylic acids is 1. The highest BCUT2D eigenvalue weighted by Gasteiger charge is 2.40. The van der Waals surface area contributed by atoms with E-state index >= 15 is 0 Å². The number of allylic oxidation sites excluding steroid dienone is 1. The highest BCUT2D eigenvalue weighted by molar-refractivity contribution is 5.85. The van der Waals surface area contributed by atoms with Gasteiger partial charge in [-0.05, 0) is 60.6 Å². The molecule has 1 fully saturated rings. The number of hydrogen-bond donors (Lipinski definition) is 1. The Labute approximate surface area is 163 Å². The number of aliphatic carboxylic acids is 1. The summed E-state index contributed by atoms with van der Waals surface area (Å²) in [6.45, 7) is 4.07. The molecule has 4 atom stereocenters. The van der Waals surface area contributed by atoms with Crippen LogP contribution >= 0.6 is 0 Å². The number of carboxylic acid groups (broad SMARTS) is 1. The van der Waals surface area contributed by atoms with E-state index in [0.717, 1.165) is 11.1 Å². The molecule has 1 unspecified atom stereocenters. The van der Waals surface area contributed by atoms with Crippen LogP contribution in [0.5, 0.6) is 0 Å². The van der Waals surface area contributed by atoms with E-state index in [2.05, 4.69) is 0 Å². The van der Waals surface area contributed by atoms with Gasteiger partial charge in [0.25, 0.3) is 0 Å². The highest BCUT2D eigenvalue weighted by Crippen LogP contribution is 2.44. The maximum absolute atomic E-state index is 13.3. The van der Waals surface area contributed by atoms with Gasteiger partial charge in [0.05, 0.1) is 12.7 Å². The van der Waals surface area contributed by atoms with Crippen molar-refractivity contribution in [1.82, 2.24) is 0 Å². The fourth-order valence-electron chi connectivity index (χ4n) is 4.07. The Morgan fingerprint density at radius 3 is 2.29 bits per heavy atom. The van der Waals surface area contributed by atoms with Gasteiger partial charge in [0.1, 0.15) is 11.6 Å². The van der Waals surface area contributed by atoms with Crippen LogP contribution < -0.4 is 0 Å². The first-order valence-electron chi connectivity index (χ1n) is 9.38. The van der Waals surface area contributed by atoms with E-state index in [1.54, 1.807) is 37.3 Å². The average Bonchev–Trinajstić information content (AvgIpc) is 3.07. The van der Waals surface area contributed by atoms with Crippen molar-refractivity contribution >= 4 is 5.97 Å². The molecule has 0 saturated carbocycles. The van der Waals surface area contributed by atoms with Crippen molar-refractivity contribution < 1.29 is 23.4 Å². The van der Waals surface area contributed by atoms with Crippen LogP contribution in [-0.4, -0.2) is 17.7 Å². The molecule has 28 heavy (non-hydrogen) atoms. The van der Waals surface area contributed by atoms with Crippen molar-refractivity contribution in [1.29, 1.82) is 0 Å². The van der Waals surface area contributed by atoms with Crippen LogP contribution in [0.2, 0.25) is 0 Å². The van der Waals surface area contributed by atoms with Gasteiger partial charge in [-0.25, -0.2) is 13.6 Å². The number of halogens is 2. The summed E-state index contributed by atoms with van der Waals surface area (Å²) in [5.41, 5.74) is 2.17. The molecule has 0 bridgehead atoms. The zero-order chi connectivity index (χ0) is 20.3. The molecule has 3 rings (SSSR count). The first-order valence-corrected chi connectivity index (χ1v) is 9.38. The summed E-state index contributed by atoms with van der Waals surface area (Å²) in [5.74, 6) is -1.44. The smallest absolute Gasteiger partial charge is 0.330 e. The Morgan fingerprint density at radius 2 is 1.71 bits per heavy atom. The maximum atomic E-state index is 13.3. The van der Waals surface area contributed by atoms with Gasteiger partial charge in [0.2, 0.25) is 0 Å². The molecule has 1 N–H and O–H groups in total. The van der Waals surface area contributed by atoms with Crippen LogP contribution in [0.1, 0.15) is 31.1 Å². The second kappa shape index (κ2) is 8.65. The van der Waals surface area contributed by atoms with Crippen LogP contribution in [0, 0.1) is 29.4 Å². The number of ether oxygens (including phenoxy) is 1. The summed E-state index contributed by atoms with van der Waals surface area (Å²) in [6, 6.07) is 12.7. The average molecular weight is 386 g/mol. The maximum Gasteiger partial charge on any atom is 0.330 e. The normalized spacial score (nSPS) is 23.6. The first-order chi connectivity index (χ1) is 13.3. The largest absolute Gasteiger partial charge is 0.478 e.